The fraction of sp³-hybridized carbons (Fsp3) is 0.421. The molecule has 0 bridgehead atoms. The second-order valence-electron chi connectivity index (χ2n) is 6.76. The first kappa shape index (κ1) is 18.0. The third-order valence-electron chi connectivity index (χ3n) is 4.78. The van der Waals surface area contributed by atoms with Gasteiger partial charge in [0.1, 0.15) is 5.82 Å². The molecule has 1 aliphatic rings. The van der Waals surface area contributed by atoms with Gasteiger partial charge in [-0.1, -0.05) is 43.2 Å². The summed E-state index contributed by atoms with van der Waals surface area (Å²) in [5, 5.41) is 6.28. The van der Waals surface area contributed by atoms with Crippen molar-refractivity contribution in [3.63, 3.8) is 0 Å². The molecule has 1 saturated carbocycles. The number of rotatable bonds is 6. The molecule has 1 aliphatic carbocycles. The zero-order valence-corrected chi connectivity index (χ0v) is 14.6. The highest BCUT2D eigenvalue weighted by molar-refractivity contribution is 5.78. The van der Waals surface area contributed by atoms with Crippen LogP contribution in [0.2, 0.25) is 0 Å². The van der Waals surface area contributed by atoms with Crippen LogP contribution in [0.1, 0.15) is 31.2 Å². The Bertz CT molecular complexity index is 815. The highest BCUT2D eigenvalue weighted by Gasteiger charge is 2.26. The van der Waals surface area contributed by atoms with Gasteiger partial charge in [-0.05, 0) is 24.3 Å². The molecule has 2 unspecified atom stereocenters. The summed E-state index contributed by atoms with van der Waals surface area (Å²) in [5.41, 5.74) is 0.0283. The van der Waals surface area contributed by atoms with Crippen LogP contribution in [0.15, 0.2) is 46.0 Å². The Morgan fingerprint density at radius 3 is 2.62 bits per heavy atom. The van der Waals surface area contributed by atoms with E-state index in [1.807, 2.05) is 30.3 Å². The van der Waals surface area contributed by atoms with Crippen LogP contribution in [0.25, 0.3) is 0 Å². The van der Waals surface area contributed by atoms with Crippen LogP contribution < -0.4 is 21.9 Å². The lowest BCUT2D eigenvalue weighted by Gasteiger charge is -2.32. The quantitative estimate of drug-likeness (QED) is 0.627. The van der Waals surface area contributed by atoms with E-state index in [0.29, 0.717) is 18.8 Å². The van der Waals surface area contributed by atoms with E-state index < -0.39 is 11.2 Å². The monoisotopic (exact) mass is 356 g/mol. The molecular formula is C19H24N4O3. The highest BCUT2D eigenvalue weighted by Crippen LogP contribution is 2.24. The fourth-order valence-corrected chi connectivity index (χ4v) is 3.49. The Morgan fingerprint density at radius 1 is 1.08 bits per heavy atom. The number of hydrogen-bond donors (Lipinski definition) is 4. The Balaban J connectivity index is 1.57. The van der Waals surface area contributed by atoms with Crippen molar-refractivity contribution in [1.29, 1.82) is 0 Å². The second kappa shape index (κ2) is 8.51. The zero-order chi connectivity index (χ0) is 18.4. The summed E-state index contributed by atoms with van der Waals surface area (Å²) in [7, 11) is 0. The molecule has 3 rings (SSSR count). The minimum Gasteiger partial charge on any atom is -0.371 e. The lowest BCUT2D eigenvalue weighted by atomic mass is 9.84. The molecule has 1 aromatic carbocycles. The fourth-order valence-electron chi connectivity index (χ4n) is 3.49. The Hall–Kier alpha value is -2.83. The molecule has 0 saturated heterocycles. The van der Waals surface area contributed by atoms with Gasteiger partial charge in [0.15, 0.2) is 0 Å². The van der Waals surface area contributed by atoms with E-state index in [-0.39, 0.29) is 17.9 Å². The van der Waals surface area contributed by atoms with Crippen LogP contribution in [0.3, 0.4) is 0 Å². The van der Waals surface area contributed by atoms with Crippen molar-refractivity contribution in [3.05, 3.63) is 62.8 Å². The van der Waals surface area contributed by atoms with Crippen molar-refractivity contribution in [2.24, 2.45) is 5.92 Å². The van der Waals surface area contributed by atoms with Crippen LogP contribution in [0, 0.1) is 5.92 Å². The Labute approximate surface area is 151 Å². The summed E-state index contributed by atoms with van der Waals surface area (Å²) in [6.07, 6.45) is 4.52. The number of aromatic nitrogens is 2. The topological polar surface area (TPSA) is 107 Å². The summed E-state index contributed by atoms with van der Waals surface area (Å²) in [5.74, 6) is 0.683. The van der Waals surface area contributed by atoms with Gasteiger partial charge < -0.3 is 10.6 Å². The van der Waals surface area contributed by atoms with Crippen molar-refractivity contribution in [1.82, 2.24) is 15.3 Å². The average Bonchev–Trinajstić information content (AvgIpc) is 2.61. The van der Waals surface area contributed by atoms with Gasteiger partial charge in [-0.15, -0.1) is 0 Å². The maximum Gasteiger partial charge on any atom is 0.327 e. The molecule has 138 valence electrons. The molecule has 1 amide bonds. The van der Waals surface area contributed by atoms with Gasteiger partial charge in [0.25, 0.3) is 5.56 Å². The molecule has 2 atom stereocenters. The molecule has 0 spiro atoms. The van der Waals surface area contributed by atoms with Gasteiger partial charge >= 0.3 is 5.69 Å². The smallest absolute Gasteiger partial charge is 0.327 e. The third kappa shape index (κ3) is 5.08. The van der Waals surface area contributed by atoms with Crippen molar-refractivity contribution < 1.29 is 4.79 Å². The zero-order valence-electron chi connectivity index (χ0n) is 14.6. The summed E-state index contributed by atoms with van der Waals surface area (Å²) in [4.78, 5) is 39.8. The molecule has 0 radical (unpaired) electrons. The normalized spacial score (nSPS) is 19.7. The van der Waals surface area contributed by atoms with Gasteiger partial charge in [0.05, 0.1) is 6.42 Å². The van der Waals surface area contributed by atoms with Crippen LogP contribution >= 0.6 is 0 Å². The first-order valence-electron chi connectivity index (χ1n) is 9.01. The number of benzene rings is 1. The molecule has 26 heavy (non-hydrogen) atoms. The van der Waals surface area contributed by atoms with Crippen LogP contribution in [-0.2, 0) is 11.2 Å². The number of aromatic amines is 2. The van der Waals surface area contributed by atoms with E-state index in [4.69, 9.17) is 0 Å². The molecular weight excluding hydrogens is 332 g/mol. The van der Waals surface area contributed by atoms with Crippen LogP contribution in [-0.4, -0.2) is 28.5 Å². The molecule has 1 fully saturated rings. The standard InChI is InChI=1S/C19H24N4O3/c24-17(10-13-6-2-1-3-7-13)21-15-9-5-4-8-14(15)12-20-16-11-18(25)23-19(26)22-16/h1-3,6-7,11,14-15H,4-5,8-10,12H2,(H,21,24)(H3,20,22,23,25,26). The number of anilines is 1. The first-order chi connectivity index (χ1) is 12.6. The van der Waals surface area contributed by atoms with Crippen molar-refractivity contribution >= 4 is 11.7 Å². The van der Waals surface area contributed by atoms with Crippen molar-refractivity contribution in [2.75, 3.05) is 11.9 Å². The van der Waals surface area contributed by atoms with Gasteiger partial charge in [0.2, 0.25) is 5.91 Å². The van der Waals surface area contributed by atoms with Crippen molar-refractivity contribution in [3.8, 4) is 0 Å². The van der Waals surface area contributed by atoms with E-state index >= 15 is 0 Å². The number of amides is 1. The largest absolute Gasteiger partial charge is 0.371 e. The second-order valence-corrected chi connectivity index (χ2v) is 6.76. The lowest BCUT2D eigenvalue weighted by Crippen LogP contribution is -2.45. The first-order valence-corrected chi connectivity index (χ1v) is 9.01. The van der Waals surface area contributed by atoms with E-state index in [1.165, 1.54) is 6.07 Å². The molecule has 1 heterocycles. The summed E-state index contributed by atoms with van der Waals surface area (Å²) >= 11 is 0. The number of H-pyrrole nitrogens is 2. The van der Waals surface area contributed by atoms with Gasteiger partial charge in [-0.2, -0.15) is 0 Å². The molecule has 7 heteroatoms. The third-order valence-corrected chi connectivity index (χ3v) is 4.78. The van der Waals surface area contributed by atoms with E-state index in [0.717, 1.165) is 31.2 Å². The Kier molecular flexibility index (Phi) is 5.88. The number of carbonyl (C=O) groups excluding carboxylic acids is 1. The lowest BCUT2D eigenvalue weighted by molar-refractivity contribution is -0.121. The Morgan fingerprint density at radius 2 is 1.85 bits per heavy atom. The summed E-state index contributed by atoms with van der Waals surface area (Å²) < 4.78 is 0. The average molecular weight is 356 g/mol. The molecule has 0 aliphatic heterocycles. The van der Waals surface area contributed by atoms with E-state index in [2.05, 4.69) is 20.6 Å². The van der Waals surface area contributed by atoms with Gasteiger partial charge in [0, 0.05) is 18.7 Å². The van der Waals surface area contributed by atoms with E-state index in [9.17, 15) is 14.4 Å². The summed E-state index contributed by atoms with van der Waals surface area (Å²) in [6.45, 7) is 0.593. The minimum absolute atomic E-state index is 0.0256. The van der Waals surface area contributed by atoms with Gasteiger partial charge in [-0.25, -0.2) is 4.79 Å². The maximum atomic E-state index is 12.4. The highest BCUT2D eigenvalue weighted by atomic mass is 16.2. The molecule has 4 N–H and O–H groups in total. The van der Waals surface area contributed by atoms with E-state index in [1.54, 1.807) is 0 Å². The molecule has 7 nitrogen and oxygen atoms in total. The predicted octanol–water partition coefficient (Wildman–Crippen LogP) is 1.39. The SMILES string of the molecule is O=C(Cc1ccccc1)NC1CCCCC1CNc1cc(=O)[nH]c(=O)[nH]1. The van der Waals surface area contributed by atoms with Crippen LogP contribution in [0.4, 0.5) is 5.82 Å². The molecule has 1 aromatic heterocycles. The van der Waals surface area contributed by atoms with Crippen LogP contribution in [0.5, 0.6) is 0 Å². The maximum absolute atomic E-state index is 12.4. The number of carbonyl (C=O) groups is 1. The summed E-state index contributed by atoms with van der Waals surface area (Å²) in [6, 6.07) is 11.1. The number of hydrogen-bond acceptors (Lipinski definition) is 4. The predicted molar refractivity (Wildman–Crippen MR) is 100 cm³/mol. The van der Waals surface area contributed by atoms with Gasteiger partial charge in [-0.3, -0.25) is 19.6 Å². The minimum atomic E-state index is -0.531. The number of nitrogens with one attached hydrogen (secondary N) is 4. The molecule has 2 aromatic rings. The van der Waals surface area contributed by atoms with Crippen molar-refractivity contribution in [2.45, 2.75) is 38.1 Å².